The summed E-state index contributed by atoms with van der Waals surface area (Å²) in [7, 11) is 0. The highest BCUT2D eigenvalue weighted by Gasteiger charge is 2.18. The van der Waals surface area contributed by atoms with Crippen molar-refractivity contribution in [2.75, 3.05) is 19.6 Å². The molecule has 1 fully saturated rings. The van der Waals surface area contributed by atoms with Crippen LogP contribution in [0.3, 0.4) is 0 Å². The van der Waals surface area contributed by atoms with Gasteiger partial charge < -0.3 is 16.0 Å². The molecule has 0 bridgehead atoms. The fraction of sp³-hybridized carbons (Fsp3) is 0.556. The van der Waals surface area contributed by atoms with Crippen molar-refractivity contribution in [3.63, 3.8) is 0 Å². The van der Waals surface area contributed by atoms with Gasteiger partial charge in [0.1, 0.15) is 0 Å². The molecule has 2 atom stereocenters. The minimum Gasteiger partial charge on any atom is -0.356 e. The number of benzene rings is 1. The summed E-state index contributed by atoms with van der Waals surface area (Å²) >= 11 is 3.40. The van der Waals surface area contributed by atoms with E-state index in [1.165, 1.54) is 19.8 Å². The van der Waals surface area contributed by atoms with E-state index < -0.39 is 0 Å². The minimum absolute atomic E-state index is 0. The first-order valence-electron chi connectivity index (χ1n) is 8.54. The van der Waals surface area contributed by atoms with Crippen LogP contribution in [0.4, 0.5) is 0 Å². The van der Waals surface area contributed by atoms with E-state index in [0.717, 1.165) is 29.5 Å². The smallest absolute Gasteiger partial charge is 0.222 e. The van der Waals surface area contributed by atoms with E-state index in [1.54, 1.807) is 0 Å². The molecule has 1 saturated heterocycles. The second kappa shape index (κ2) is 11.5. The minimum atomic E-state index is -0.299. The van der Waals surface area contributed by atoms with Gasteiger partial charge in [-0.2, -0.15) is 0 Å². The van der Waals surface area contributed by atoms with Gasteiger partial charge in [-0.05, 0) is 56.0 Å². The summed E-state index contributed by atoms with van der Waals surface area (Å²) in [6.07, 6.45) is 3.70. The second-order valence-corrected chi connectivity index (χ2v) is 7.28. The van der Waals surface area contributed by atoms with Crippen LogP contribution in [0.15, 0.2) is 28.7 Å². The first-order chi connectivity index (χ1) is 11.5. The summed E-state index contributed by atoms with van der Waals surface area (Å²) in [5.41, 5.74) is 0.931. The quantitative estimate of drug-likeness (QED) is 0.620. The molecule has 0 aliphatic carbocycles. The Hall–Kier alpha value is -1.11. The molecule has 0 radical (unpaired) electrons. The van der Waals surface area contributed by atoms with Crippen molar-refractivity contribution in [2.24, 2.45) is 5.92 Å². The van der Waals surface area contributed by atoms with Crippen LogP contribution in [0, 0.1) is 5.92 Å². The third kappa shape index (κ3) is 8.21. The van der Waals surface area contributed by atoms with Crippen LogP contribution < -0.4 is 16.0 Å². The predicted molar refractivity (Wildman–Crippen MR) is 106 cm³/mol. The molecular weight excluding hydrogens is 406 g/mol. The maximum absolute atomic E-state index is 12.2. The summed E-state index contributed by atoms with van der Waals surface area (Å²) < 4.78 is 0.971. The van der Waals surface area contributed by atoms with E-state index in [4.69, 9.17) is 0 Å². The molecule has 3 N–H and O–H groups in total. The highest BCUT2D eigenvalue weighted by Crippen LogP contribution is 2.20. The Morgan fingerprint density at radius 3 is 2.64 bits per heavy atom. The number of amides is 2. The third-order valence-electron chi connectivity index (χ3n) is 4.31. The molecule has 1 heterocycles. The van der Waals surface area contributed by atoms with E-state index in [2.05, 4.69) is 31.9 Å². The normalized spacial score (nSPS) is 17.9. The SMILES string of the molecule is CC(=O)NC(CC(=O)NCCC1CCCNC1)c1ccc(Br)cc1.Cl. The van der Waals surface area contributed by atoms with Crippen LogP contribution in [0.5, 0.6) is 0 Å². The van der Waals surface area contributed by atoms with E-state index in [9.17, 15) is 9.59 Å². The average molecular weight is 433 g/mol. The van der Waals surface area contributed by atoms with Crippen molar-refractivity contribution in [2.45, 2.75) is 38.6 Å². The third-order valence-corrected chi connectivity index (χ3v) is 4.84. The highest BCUT2D eigenvalue weighted by molar-refractivity contribution is 9.10. The molecule has 1 aliphatic heterocycles. The molecule has 2 unspecified atom stereocenters. The van der Waals surface area contributed by atoms with Crippen LogP contribution in [0.25, 0.3) is 0 Å². The first-order valence-corrected chi connectivity index (χ1v) is 9.34. The van der Waals surface area contributed by atoms with E-state index in [0.29, 0.717) is 12.5 Å². The molecule has 0 spiro atoms. The van der Waals surface area contributed by atoms with Gasteiger partial charge in [-0.25, -0.2) is 0 Å². The lowest BCUT2D eigenvalue weighted by molar-refractivity contribution is -0.122. The molecule has 7 heteroatoms. The van der Waals surface area contributed by atoms with Gasteiger partial charge in [-0.15, -0.1) is 12.4 Å². The molecule has 0 saturated carbocycles. The lowest BCUT2D eigenvalue weighted by Gasteiger charge is -2.23. The summed E-state index contributed by atoms with van der Waals surface area (Å²) in [6, 6.07) is 7.38. The van der Waals surface area contributed by atoms with Gasteiger partial charge in [-0.1, -0.05) is 28.1 Å². The summed E-state index contributed by atoms with van der Waals surface area (Å²) in [5.74, 6) is 0.487. The first kappa shape index (κ1) is 21.9. The number of rotatable bonds is 7. The Balaban J connectivity index is 0.00000312. The molecule has 2 rings (SSSR count). The van der Waals surface area contributed by atoms with E-state index in [1.807, 2.05) is 24.3 Å². The van der Waals surface area contributed by atoms with E-state index >= 15 is 0 Å². The number of carbonyl (C=O) groups excluding carboxylic acids is 2. The maximum atomic E-state index is 12.2. The van der Waals surface area contributed by atoms with Gasteiger partial charge in [-0.3, -0.25) is 9.59 Å². The monoisotopic (exact) mass is 431 g/mol. The Morgan fingerprint density at radius 2 is 2.04 bits per heavy atom. The number of nitrogens with one attached hydrogen (secondary N) is 3. The van der Waals surface area contributed by atoms with Gasteiger partial charge in [0.25, 0.3) is 0 Å². The molecule has 2 amide bonds. The highest BCUT2D eigenvalue weighted by atomic mass is 79.9. The standard InChI is InChI=1S/C18H26BrN3O2.ClH/c1-13(23)22-17(15-4-6-16(19)7-5-15)11-18(24)21-10-8-14-3-2-9-20-12-14;/h4-7,14,17,20H,2-3,8-12H2,1H3,(H,21,24)(H,22,23);1H. The lowest BCUT2D eigenvalue weighted by Crippen LogP contribution is -2.35. The number of piperidine rings is 1. The summed E-state index contributed by atoms with van der Waals surface area (Å²) in [4.78, 5) is 23.7. The average Bonchev–Trinajstić information content (AvgIpc) is 2.55. The number of hydrogen-bond donors (Lipinski definition) is 3. The Morgan fingerprint density at radius 1 is 1.32 bits per heavy atom. The Bertz CT molecular complexity index is 548. The van der Waals surface area contributed by atoms with Crippen molar-refractivity contribution in [1.82, 2.24) is 16.0 Å². The van der Waals surface area contributed by atoms with Crippen molar-refractivity contribution < 1.29 is 9.59 Å². The molecule has 1 aliphatic rings. The molecule has 25 heavy (non-hydrogen) atoms. The Labute approximate surface area is 164 Å². The topological polar surface area (TPSA) is 70.2 Å². The maximum Gasteiger partial charge on any atom is 0.222 e. The second-order valence-electron chi connectivity index (χ2n) is 6.36. The fourth-order valence-electron chi connectivity index (χ4n) is 3.04. The zero-order valence-corrected chi connectivity index (χ0v) is 16.9. The molecule has 1 aromatic carbocycles. The van der Waals surface area contributed by atoms with Gasteiger partial charge in [0.15, 0.2) is 0 Å². The number of carbonyl (C=O) groups is 2. The largest absolute Gasteiger partial charge is 0.356 e. The zero-order valence-electron chi connectivity index (χ0n) is 14.5. The number of hydrogen-bond acceptors (Lipinski definition) is 3. The summed E-state index contributed by atoms with van der Waals surface area (Å²) in [5, 5.41) is 9.24. The fourth-order valence-corrected chi connectivity index (χ4v) is 3.30. The number of halogens is 2. The summed E-state index contributed by atoms with van der Waals surface area (Å²) in [6.45, 7) is 4.32. The zero-order chi connectivity index (χ0) is 17.4. The van der Waals surface area contributed by atoms with Crippen LogP contribution >= 0.6 is 28.3 Å². The van der Waals surface area contributed by atoms with Crippen molar-refractivity contribution >= 4 is 40.2 Å². The van der Waals surface area contributed by atoms with Gasteiger partial charge >= 0.3 is 0 Å². The van der Waals surface area contributed by atoms with Crippen LogP contribution in [-0.2, 0) is 9.59 Å². The molecular formula is C18H27BrClN3O2. The molecule has 1 aromatic rings. The van der Waals surface area contributed by atoms with Crippen molar-refractivity contribution in [3.8, 4) is 0 Å². The van der Waals surface area contributed by atoms with Crippen molar-refractivity contribution in [1.29, 1.82) is 0 Å². The molecule has 140 valence electrons. The Kier molecular flexibility index (Phi) is 10.1. The van der Waals surface area contributed by atoms with Crippen LogP contribution in [0.2, 0.25) is 0 Å². The molecule has 0 aromatic heterocycles. The molecule has 5 nitrogen and oxygen atoms in total. The van der Waals surface area contributed by atoms with Crippen LogP contribution in [0.1, 0.15) is 44.2 Å². The predicted octanol–water partition coefficient (Wildman–Crippen LogP) is 2.94. The van der Waals surface area contributed by atoms with E-state index in [-0.39, 0.29) is 36.7 Å². The van der Waals surface area contributed by atoms with Gasteiger partial charge in [0.2, 0.25) is 11.8 Å². The van der Waals surface area contributed by atoms with Crippen LogP contribution in [-0.4, -0.2) is 31.4 Å². The van der Waals surface area contributed by atoms with Gasteiger partial charge in [0, 0.05) is 17.9 Å². The lowest BCUT2D eigenvalue weighted by atomic mass is 9.96. The van der Waals surface area contributed by atoms with Gasteiger partial charge in [0.05, 0.1) is 12.5 Å². The van der Waals surface area contributed by atoms with Crippen molar-refractivity contribution in [3.05, 3.63) is 34.3 Å².